The highest BCUT2D eigenvalue weighted by Gasteiger charge is 2.12. The Balaban J connectivity index is 2.20. The maximum absolute atomic E-state index is 13.5. The van der Waals surface area contributed by atoms with Crippen LogP contribution in [0.15, 0.2) is 36.5 Å². The molecule has 0 bridgehead atoms. The highest BCUT2D eigenvalue weighted by molar-refractivity contribution is 5.96. The summed E-state index contributed by atoms with van der Waals surface area (Å²) in [6.45, 7) is 1.83. The van der Waals surface area contributed by atoms with E-state index in [1.165, 1.54) is 19.2 Å². The number of pyridine rings is 1. The number of hydrogen-bond acceptors (Lipinski definition) is 3. The van der Waals surface area contributed by atoms with Crippen LogP contribution in [0.1, 0.15) is 21.6 Å². The van der Waals surface area contributed by atoms with Gasteiger partial charge in [-0.15, -0.1) is 0 Å². The van der Waals surface area contributed by atoms with Crippen molar-refractivity contribution in [1.82, 2.24) is 4.98 Å². The van der Waals surface area contributed by atoms with Crippen molar-refractivity contribution in [2.24, 2.45) is 0 Å². The van der Waals surface area contributed by atoms with Gasteiger partial charge in [-0.25, -0.2) is 4.39 Å². The molecule has 0 N–H and O–H groups in total. The number of benzene rings is 1. The van der Waals surface area contributed by atoms with E-state index in [2.05, 4.69) is 4.98 Å². The smallest absolute Gasteiger partial charge is 0.185 e. The number of ether oxygens (including phenoxy) is 1. The topological polar surface area (TPSA) is 39.2 Å². The van der Waals surface area contributed by atoms with E-state index < -0.39 is 5.82 Å². The number of rotatable bonds is 4. The molecule has 1 aromatic heterocycles. The average Bonchev–Trinajstić information content (AvgIpc) is 2.39. The van der Waals surface area contributed by atoms with Gasteiger partial charge in [-0.1, -0.05) is 12.1 Å². The highest BCUT2D eigenvalue weighted by Crippen LogP contribution is 2.19. The van der Waals surface area contributed by atoms with E-state index in [0.29, 0.717) is 11.3 Å². The summed E-state index contributed by atoms with van der Waals surface area (Å²) in [5.74, 6) is -0.418. The first-order valence-electron chi connectivity index (χ1n) is 5.89. The van der Waals surface area contributed by atoms with Crippen LogP contribution in [0.5, 0.6) is 5.75 Å². The molecule has 1 aromatic carbocycles. The molecule has 1 heterocycles. The van der Waals surface area contributed by atoms with Crippen molar-refractivity contribution in [3.05, 3.63) is 59.2 Å². The fourth-order valence-electron chi connectivity index (χ4n) is 1.87. The number of Topliss-reactive ketones (excluding diaryl/α,β-unsaturated/α-hetero) is 1. The van der Waals surface area contributed by atoms with Crippen molar-refractivity contribution >= 4 is 5.78 Å². The molecule has 0 atom stereocenters. The number of halogens is 1. The van der Waals surface area contributed by atoms with Crippen molar-refractivity contribution < 1.29 is 13.9 Å². The van der Waals surface area contributed by atoms with Gasteiger partial charge in [-0.05, 0) is 36.2 Å². The van der Waals surface area contributed by atoms with Gasteiger partial charge in [0.1, 0.15) is 5.69 Å². The Bertz CT molecular complexity index is 611. The van der Waals surface area contributed by atoms with Gasteiger partial charge in [0.2, 0.25) is 0 Å². The molecule has 0 aliphatic rings. The van der Waals surface area contributed by atoms with E-state index >= 15 is 0 Å². The third-order valence-corrected chi connectivity index (χ3v) is 2.85. The predicted molar refractivity (Wildman–Crippen MR) is 70.0 cm³/mol. The Morgan fingerprint density at radius 1 is 1.37 bits per heavy atom. The van der Waals surface area contributed by atoms with Crippen molar-refractivity contribution in [3.63, 3.8) is 0 Å². The summed E-state index contributed by atoms with van der Waals surface area (Å²) < 4.78 is 18.4. The molecule has 0 saturated carbocycles. The molecular formula is C15H14FNO2. The number of carbonyl (C=O) groups is 1. The molecular weight excluding hydrogens is 245 g/mol. The second-order valence-corrected chi connectivity index (χ2v) is 4.24. The lowest BCUT2D eigenvalue weighted by Gasteiger charge is -2.06. The van der Waals surface area contributed by atoms with E-state index in [9.17, 15) is 9.18 Å². The summed E-state index contributed by atoms with van der Waals surface area (Å²) in [6, 6.07) is 8.12. The normalized spacial score (nSPS) is 10.3. The number of aromatic nitrogens is 1. The van der Waals surface area contributed by atoms with E-state index in [0.717, 1.165) is 5.56 Å². The summed E-state index contributed by atoms with van der Waals surface area (Å²) in [4.78, 5) is 16.1. The van der Waals surface area contributed by atoms with E-state index in [4.69, 9.17) is 4.74 Å². The number of aryl methyl sites for hydroxylation is 1. The molecule has 0 fully saturated rings. The predicted octanol–water partition coefficient (Wildman–Crippen LogP) is 2.96. The number of ketones is 1. The zero-order valence-corrected chi connectivity index (χ0v) is 10.8. The van der Waals surface area contributed by atoms with Crippen LogP contribution in [0.3, 0.4) is 0 Å². The van der Waals surface area contributed by atoms with E-state index in [1.807, 2.05) is 13.0 Å². The van der Waals surface area contributed by atoms with Crippen LogP contribution >= 0.6 is 0 Å². The minimum absolute atomic E-state index is 0.123. The van der Waals surface area contributed by atoms with E-state index in [1.54, 1.807) is 18.3 Å². The third kappa shape index (κ3) is 2.96. The average molecular weight is 259 g/mol. The summed E-state index contributed by atoms with van der Waals surface area (Å²) in [6.07, 6.45) is 1.70. The highest BCUT2D eigenvalue weighted by atomic mass is 19.1. The van der Waals surface area contributed by atoms with Crippen molar-refractivity contribution in [2.75, 3.05) is 7.11 Å². The van der Waals surface area contributed by atoms with Crippen molar-refractivity contribution in [2.45, 2.75) is 13.3 Å². The summed E-state index contributed by atoms with van der Waals surface area (Å²) in [5.41, 5.74) is 1.86. The molecule has 0 saturated heterocycles. The molecule has 98 valence electrons. The third-order valence-electron chi connectivity index (χ3n) is 2.85. The monoisotopic (exact) mass is 259 g/mol. The maximum atomic E-state index is 13.5. The van der Waals surface area contributed by atoms with Gasteiger partial charge in [-0.2, -0.15) is 0 Å². The Morgan fingerprint density at radius 3 is 2.79 bits per heavy atom. The van der Waals surface area contributed by atoms with Gasteiger partial charge >= 0.3 is 0 Å². The lowest BCUT2D eigenvalue weighted by atomic mass is 10.0. The van der Waals surface area contributed by atoms with Gasteiger partial charge in [0.05, 0.1) is 7.11 Å². The van der Waals surface area contributed by atoms with Gasteiger partial charge in [0, 0.05) is 12.6 Å². The Morgan fingerprint density at radius 2 is 2.16 bits per heavy atom. The lowest BCUT2D eigenvalue weighted by molar-refractivity contribution is 0.0987. The molecule has 0 radical (unpaired) electrons. The zero-order chi connectivity index (χ0) is 13.8. The second kappa shape index (κ2) is 5.61. The van der Waals surface area contributed by atoms with Crippen molar-refractivity contribution in [3.8, 4) is 5.75 Å². The molecule has 2 rings (SSSR count). The SMILES string of the molecule is COc1ccc(CC(=O)c2ncccc2C)cc1F. The molecule has 4 heteroatoms. The van der Waals surface area contributed by atoms with Gasteiger partial charge in [0.15, 0.2) is 17.3 Å². The Hall–Kier alpha value is -2.23. The minimum Gasteiger partial charge on any atom is -0.494 e. The number of methoxy groups -OCH3 is 1. The molecule has 2 aromatic rings. The van der Waals surface area contributed by atoms with Gasteiger partial charge in [-0.3, -0.25) is 9.78 Å². The zero-order valence-electron chi connectivity index (χ0n) is 10.8. The minimum atomic E-state index is -0.467. The second-order valence-electron chi connectivity index (χ2n) is 4.24. The molecule has 0 aliphatic heterocycles. The standard InChI is InChI=1S/C15H14FNO2/c1-10-4-3-7-17-15(10)13(18)9-11-5-6-14(19-2)12(16)8-11/h3-8H,9H2,1-2H3. The molecule has 3 nitrogen and oxygen atoms in total. The van der Waals surface area contributed by atoms with Crippen LogP contribution in [0.4, 0.5) is 4.39 Å². The molecule has 0 unspecified atom stereocenters. The first-order chi connectivity index (χ1) is 9.11. The van der Waals surface area contributed by atoms with Gasteiger partial charge in [0.25, 0.3) is 0 Å². The number of carbonyl (C=O) groups excluding carboxylic acids is 1. The fraction of sp³-hybridized carbons (Fsp3) is 0.200. The number of nitrogens with zero attached hydrogens (tertiary/aromatic N) is 1. The van der Waals surface area contributed by atoms with Crippen LogP contribution in [0, 0.1) is 12.7 Å². The van der Waals surface area contributed by atoms with Crippen LogP contribution in [0.25, 0.3) is 0 Å². The van der Waals surface area contributed by atoms with Crippen LogP contribution in [-0.2, 0) is 6.42 Å². The quantitative estimate of drug-likeness (QED) is 0.792. The maximum Gasteiger partial charge on any atom is 0.185 e. The Labute approximate surface area is 111 Å². The van der Waals surface area contributed by atoms with Crippen LogP contribution in [0.2, 0.25) is 0 Å². The Kier molecular flexibility index (Phi) is 3.90. The summed E-state index contributed by atoms with van der Waals surface area (Å²) in [5, 5.41) is 0. The lowest BCUT2D eigenvalue weighted by Crippen LogP contribution is -2.08. The summed E-state index contributed by atoms with van der Waals surface area (Å²) in [7, 11) is 1.40. The molecule has 0 aliphatic carbocycles. The van der Waals surface area contributed by atoms with Crippen LogP contribution in [-0.4, -0.2) is 17.9 Å². The summed E-state index contributed by atoms with van der Waals surface area (Å²) >= 11 is 0. The fourth-order valence-corrected chi connectivity index (χ4v) is 1.87. The molecule has 0 spiro atoms. The number of hydrogen-bond donors (Lipinski definition) is 0. The van der Waals surface area contributed by atoms with Crippen molar-refractivity contribution in [1.29, 1.82) is 0 Å². The molecule has 0 amide bonds. The van der Waals surface area contributed by atoms with E-state index in [-0.39, 0.29) is 18.0 Å². The van der Waals surface area contributed by atoms with Crippen LogP contribution < -0.4 is 4.74 Å². The first kappa shape index (κ1) is 13.2. The largest absolute Gasteiger partial charge is 0.494 e. The molecule has 19 heavy (non-hydrogen) atoms. The van der Waals surface area contributed by atoms with Gasteiger partial charge < -0.3 is 4.74 Å². The first-order valence-corrected chi connectivity index (χ1v) is 5.89.